The summed E-state index contributed by atoms with van der Waals surface area (Å²) in [6, 6.07) is 0. The number of anilines is 1. The second-order valence-electron chi connectivity index (χ2n) is 4.47. The van der Waals surface area contributed by atoms with Crippen molar-refractivity contribution in [3.8, 4) is 0 Å². The molecule has 0 aromatic carbocycles. The Morgan fingerprint density at radius 1 is 1.06 bits per heavy atom. The van der Waals surface area contributed by atoms with Crippen molar-refractivity contribution in [2.75, 3.05) is 12.0 Å². The third-order valence-corrected chi connectivity index (χ3v) is 3.55. The van der Waals surface area contributed by atoms with Gasteiger partial charge in [0, 0.05) is 17.1 Å². The summed E-state index contributed by atoms with van der Waals surface area (Å²) in [5, 5.41) is 3.06. The van der Waals surface area contributed by atoms with E-state index in [1.54, 1.807) is 0 Å². The molecule has 0 saturated heterocycles. The number of hydrogen-bond donors (Lipinski definition) is 1. The van der Waals surface area contributed by atoms with Gasteiger partial charge in [0.1, 0.15) is 0 Å². The maximum atomic E-state index is 11.8. The lowest BCUT2D eigenvalue weighted by Gasteiger charge is -2.14. The Morgan fingerprint density at radius 3 is 2.25 bits per heavy atom. The van der Waals surface area contributed by atoms with E-state index in [9.17, 15) is 4.53 Å². The Morgan fingerprint density at radius 2 is 1.69 bits per heavy atom. The smallest absolute Gasteiger partial charge is 0.157 e. The third-order valence-electron chi connectivity index (χ3n) is 3.55. The van der Waals surface area contributed by atoms with Crippen molar-refractivity contribution in [1.82, 2.24) is 4.98 Å². The molecule has 0 aliphatic heterocycles. The second kappa shape index (κ2) is 4.01. The van der Waals surface area contributed by atoms with Crippen LogP contribution in [-0.2, 0) is 30.6 Å². The molecule has 0 atom stereocenters. The van der Waals surface area contributed by atoms with Crippen molar-refractivity contribution < 1.29 is 9.47 Å². The van der Waals surface area contributed by atoms with Crippen LogP contribution in [-0.4, -0.2) is 11.7 Å². The van der Waals surface area contributed by atoms with Crippen LogP contribution in [0.2, 0.25) is 0 Å². The first-order chi connectivity index (χ1) is 7.90. The molecule has 3 nitrogen and oxygen atoms in total. The van der Waals surface area contributed by atoms with Gasteiger partial charge in [0.15, 0.2) is 6.73 Å². The SMILES string of the molecule is FOCNc1c2c(nc3c1CCC3)CCC2. The van der Waals surface area contributed by atoms with Crippen LogP contribution in [0.5, 0.6) is 0 Å². The summed E-state index contributed by atoms with van der Waals surface area (Å²) >= 11 is 0. The van der Waals surface area contributed by atoms with E-state index in [1.165, 1.54) is 22.5 Å². The Bertz CT molecular complexity index is 388. The maximum absolute atomic E-state index is 11.8. The molecule has 1 aromatic rings. The quantitative estimate of drug-likeness (QED) is 0.797. The molecule has 0 unspecified atom stereocenters. The molecular weight excluding hydrogens is 207 g/mol. The second-order valence-corrected chi connectivity index (χ2v) is 4.47. The van der Waals surface area contributed by atoms with Gasteiger partial charge in [0.05, 0.1) is 0 Å². The molecule has 0 fully saturated rings. The summed E-state index contributed by atoms with van der Waals surface area (Å²) in [4.78, 5) is 8.36. The first kappa shape index (κ1) is 10.0. The molecule has 3 rings (SSSR count). The minimum atomic E-state index is -0.0666. The molecule has 1 aromatic heterocycles. The van der Waals surface area contributed by atoms with Crippen molar-refractivity contribution in [3.63, 3.8) is 0 Å². The highest BCUT2D eigenvalue weighted by Gasteiger charge is 2.25. The van der Waals surface area contributed by atoms with Gasteiger partial charge in [-0.05, 0) is 54.2 Å². The van der Waals surface area contributed by atoms with Gasteiger partial charge in [-0.3, -0.25) is 4.98 Å². The zero-order chi connectivity index (χ0) is 11.0. The largest absolute Gasteiger partial charge is 0.359 e. The van der Waals surface area contributed by atoms with Gasteiger partial charge in [0.2, 0.25) is 0 Å². The molecular formula is C12H15FN2O. The van der Waals surface area contributed by atoms with Gasteiger partial charge in [-0.1, -0.05) is 0 Å². The first-order valence-corrected chi connectivity index (χ1v) is 5.91. The Kier molecular flexibility index (Phi) is 2.52. The molecule has 86 valence electrons. The number of rotatable bonds is 3. The lowest BCUT2D eigenvalue weighted by atomic mass is 10.1. The highest BCUT2D eigenvalue weighted by atomic mass is 19.3. The summed E-state index contributed by atoms with van der Waals surface area (Å²) in [6.45, 7) is -0.0666. The Labute approximate surface area is 93.9 Å². The zero-order valence-electron chi connectivity index (χ0n) is 9.18. The molecule has 1 N–H and O–H groups in total. The van der Waals surface area contributed by atoms with E-state index in [1.807, 2.05) is 0 Å². The molecule has 0 spiro atoms. The van der Waals surface area contributed by atoms with Crippen LogP contribution in [0.1, 0.15) is 35.4 Å². The Hall–Kier alpha value is -1.16. The van der Waals surface area contributed by atoms with Gasteiger partial charge in [-0.15, -0.1) is 0 Å². The maximum Gasteiger partial charge on any atom is 0.157 e. The fourth-order valence-electron chi connectivity index (χ4n) is 2.90. The van der Waals surface area contributed by atoms with E-state index in [-0.39, 0.29) is 6.73 Å². The van der Waals surface area contributed by atoms with Crippen molar-refractivity contribution in [2.45, 2.75) is 38.5 Å². The predicted octanol–water partition coefficient (Wildman–Crippen LogP) is 2.33. The molecule has 2 aliphatic carbocycles. The summed E-state index contributed by atoms with van der Waals surface area (Å²) in [6.07, 6.45) is 6.57. The predicted molar refractivity (Wildman–Crippen MR) is 59.0 cm³/mol. The van der Waals surface area contributed by atoms with Crippen molar-refractivity contribution in [2.24, 2.45) is 0 Å². The van der Waals surface area contributed by atoms with Gasteiger partial charge >= 0.3 is 0 Å². The van der Waals surface area contributed by atoms with Crippen molar-refractivity contribution >= 4 is 5.69 Å². The number of aryl methyl sites for hydroxylation is 2. The molecule has 16 heavy (non-hydrogen) atoms. The number of fused-ring (bicyclic) bond motifs is 2. The number of hydrogen-bond acceptors (Lipinski definition) is 3. The average Bonchev–Trinajstić information content (AvgIpc) is 2.91. The van der Waals surface area contributed by atoms with Crippen molar-refractivity contribution in [1.29, 1.82) is 0 Å². The van der Waals surface area contributed by atoms with Crippen LogP contribution < -0.4 is 5.32 Å². The zero-order valence-corrected chi connectivity index (χ0v) is 9.18. The van der Waals surface area contributed by atoms with E-state index in [0.717, 1.165) is 44.2 Å². The minimum absolute atomic E-state index is 0.0666. The van der Waals surface area contributed by atoms with Crippen LogP contribution in [0.25, 0.3) is 0 Å². The first-order valence-electron chi connectivity index (χ1n) is 5.91. The van der Waals surface area contributed by atoms with E-state index in [4.69, 9.17) is 4.98 Å². The average molecular weight is 222 g/mol. The van der Waals surface area contributed by atoms with E-state index < -0.39 is 0 Å². The number of nitrogens with zero attached hydrogens (tertiary/aromatic N) is 1. The highest BCUT2D eigenvalue weighted by Crippen LogP contribution is 2.36. The van der Waals surface area contributed by atoms with Gasteiger partial charge in [0.25, 0.3) is 0 Å². The number of pyridine rings is 1. The highest BCUT2D eigenvalue weighted by molar-refractivity contribution is 5.62. The molecule has 2 aliphatic rings. The lowest BCUT2D eigenvalue weighted by Crippen LogP contribution is -2.09. The van der Waals surface area contributed by atoms with Crippen molar-refractivity contribution in [3.05, 3.63) is 22.5 Å². The summed E-state index contributed by atoms with van der Waals surface area (Å²) < 4.78 is 11.8. The summed E-state index contributed by atoms with van der Waals surface area (Å²) in [5.41, 5.74) is 6.10. The molecule has 0 bridgehead atoms. The lowest BCUT2D eigenvalue weighted by molar-refractivity contribution is -0.123. The number of halogens is 1. The third kappa shape index (κ3) is 1.48. The van der Waals surface area contributed by atoms with Crippen LogP contribution in [0.3, 0.4) is 0 Å². The molecule has 4 heteroatoms. The van der Waals surface area contributed by atoms with Gasteiger partial charge in [-0.25, -0.2) is 0 Å². The molecule has 0 saturated carbocycles. The molecule has 0 radical (unpaired) electrons. The van der Waals surface area contributed by atoms with Crippen LogP contribution in [0, 0.1) is 0 Å². The number of aromatic nitrogens is 1. The summed E-state index contributed by atoms with van der Waals surface area (Å²) in [5.74, 6) is 0. The van der Waals surface area contributed by atoms with Gasteiger partial charge in [-0.2, -0.15) is 4.94 Å². The van der Waals surface area contributed by atoms with Crippen LogP contribution in [0.4, 0.5) is 10.2 Å². The fourth-order valence-corrected chi connectivity index (χ4v) is 2.90. The fraction of sp³-hybridized carbons (Fsp3) is 0.583. The van der Waals surface area contributed by atoms with Gasteiger partial charge < -0.3 is 5.32 Å². The monoisotopic (exact) mass is 222 g/mol. The normalized spacial score (nSPS) is 17.3. The standard InChI is InChI=1S/C12H15FN2O/c13-16-7-14-12-8-3-1-5-10(8)15-11-6-2-4-9(11)12/h1-7H2,(H,14,15). The van der Waals surface area contributed by atoms with Crippen LogP contribution >= 0.6 is 0 Å². The number of nitrogens with one attached hydrogen (secondary N) is 1. The molecule has 0 amide bonds. The Balaban J connectivity index is 2.05. The van der Waals surface area contributed by atoms with Crippen LogP contribution in [0.15, 0.2) is 0 Å². The van der Waals surface area contributed by atoms with E-state index in [0.29, 0.717) is 0 Å². The molecule has 1 heterocycles. The summed E-state index contributed by atoms with van der Waals surface area (Å²) in [7, 11) is 0. The van der Waals surface area contributed by atoms with E-state index in [2.05, 4.69) is 10.3 Å². The topological polar surface area (TPSA) is 34.1 Å². The minimum Gasteiger partial charge on any atom is -0.359 e. The van der Waals surface area contributed by atoms with E-state index >= 15 is 0 Å².